The summed E-state index contributed by atoms with van der Waals surface area (Å²) in [5.74, 6) is -0.977. The minimum absolute atomic E-state index is 0.159. The van der Waals surface area contributed by atoms with E-state index in [1.54, 1.807) is 12.1 Å². The number of carbonyl (C=O) groups excluding carboxylic acids is 2. The second-order valence-corrected chi connectivity index (χ2v) is 6.02. The normalized spacial score (nSPS) is 15.5. The molecule has 134 valence electrons. The molecule has 8 nitrogen and oxygen atoms in total. The van der Waals surface area contributed by atoms with E-state index in [4.69, 9.17) is 14.6 Å². The van der Waals surface area contributed by atoms with Gasteiger partial charge in [-0.25, -0.2) is 9.59 Å². The van der Waals surface area contributed by atoms with Crippen LogP contribution in [0.5, 0.6) is 11.5 Å². The van der Waals surface area contributed by atoms with Gasteiger partial charge in [0.25, 0.3) is 5.91 Å². The summed E-state index contributed by atoms with van der Waals surface area (Å²) in [6.45, 7) is 1.70. The number of imide groups is 1. The molecule has 1 aliphatic heterocycles. The first kappa shape index (κ1) is 18.8. The number of carboxylic acids is 1. The molecule has 0 bridgehead atoms. The third-order valence-electron chi connectivity index (χ3n) is 3.31. The van der Waals surface area contributed by atoms with E-state index in [-0.39, 0.29) is 11.4 Å². The number of hydrogen-bond acceptors (Lipinski definition) is 5. The number of aliphatic carboxylic acids is 1. The number of rotatable bonds is 7. The number of halogens is 1. The van der Waals surface area contributed by atoms with E-state index in [0.717, 1.165) is 4.90 Å². The molecule has 1 aliphatic rings. The average molecular weight is 413 g/mol. The van der Waals surface area contributed by atoms with Crippen molar-refractivity contribution in [1.29, 1.82) is 0 Å². The highest BCUT2D eigenvalue weighted by molar-refractivity contribution is 9.10. The van der Waals surface area contributed by atoms with Crippen LogP contribution in [0.25, 0.3) is 6.08 Å². The molecule has 1 heterocycles. The molecule has 0 atom stereocenters. The Balaban J connectivity index is 2.31. The summed E-state index contributed by atoms with van der Waals surface area (Å²) in [5.41, 5.74) is 0.736. The zero-order valence-corrected chi connectivity index (χ0v) is 15.3. The van der Waals surface area contributed by atoms with Gasteiger partial charge in [0.15, 0.2) is 18.1 Å². The number of benzene rings is 1. The van der Waals surface area contributed by atoms with Crippen LogP contribution >= 0.6 is 15.9 Å². The van der Waals surface area contributed by atoms with Gasteiger partial charge < -0.3 is 19.9 Å². The minimum atomic E-state index is -1.12. The summed E-state index contributed by atoms with van der Waals surface area (Å²) in [6.07, 6.45) is 2.19. The van der Waals surface area contributed by atoms with Crippen molar-refractivity contribution in [3.8, 4) is 11.5 Å². The van der Waals surface area contributed by atoms with Gasteiger partial charge in [-0.05, 0) is 46.1 Å². The van der Waals surface area contributed by atoms with Gasteiger partial charge in [-0.3, -0.25) is 9.69 Å². The molecule has 1 aromatic carbocycles. The van der Waals surface area contributed by atoms with E-state index in [2.05, 4.69) is 21.2 Å². The summed E-state index contributed by atoms with van der Waals surface area (Å²) in [6, 6.07) is 2.76. The largest absolute Gasteiger partial charge is 0.493 e. The van der Waals surface area contributed by atoms with Gasteiger partial charge >= 0.3 is 12.0 Å². The van der Waals surface area contributed by atoms with Gasteiger partial charge in [0.1, 0.15) is 5.70 Å². The first-order chi connectivity index (χ1) is 11.9. The molecule has 0 saturated carbocycles. The van der Waals surface area contributed by atoms with Crippen molar-refractivity contribution in [2.45, 2.75) is 13.3 Å². The van der Waals surface area contributed by atoms with Crippen molar-refractivity contribution in [3.05, 3.63) is 27.9 Å². The first-order valence-corrected chi connectivity index (χ1v) is 8.23. The van der Waals surface area contributed by atoms with Crippen molar-refractivity contribution < 1.29 is 29.0 Å². The average Bonchev–Trinajstić information content (AvgIpc) is 2.81. The van der Waals surface area contributed by atoms with E-state index < -0.39 is 24.5 Å². The van der Waals surface area contributed by atoms with Crippen LogP contribution in [0.4, 0.5) is 4.79 Å². The summed E-state index contributed by atoms with van der Waals surface area (Å²) >= 11 is 3.29. The maximum atomic E-state index is 12.2. The fraction of sp³-hybridized carbons (Fsp3) is 0.312. The smallest absolute Gasteiger partial charge is 0.341 e. The monoisotopic (exact) mass is 412 g/mol. The van der Waals surface area contributed by atoms with Crippen molar-refractivity contribution >= 4 is 39.9 Å². The number of methoxy groups -OCH3 is 1. The lowest BCUT2D eigenvalue weighted by molar-refractivity contribution is -0.139. The molecular formula is C16H17BrN2O6. The van der Waals surface area contributed by atoms with E-state index in [1.165, 1.54) is 13.2 Å². The molecular weight excluding hydrogens is 396 g/mol. The van der Waals surface area contributed by atoms with Gasteiger partial charge in [-0.2, -0.15) is 0 Å². The third-order valence-corrected chi connectivity index (χ3v) is 3.90. The SMILES string of the molecule is CCCN1C(=O)N/C(=C/c2cc(Br)c(OCC(=O)O)c(OC)c2)C1=O. The number of ether oxygens (including phenoxy) is 2. The quantitative estimate of drug-likeness (QED) is 0.525. The summed E-state index contributed by atoms with van der Waals surface area (Å²) in [4.78, 5) is 35.8. The van der Waals surface area contributed by atoms with Crippen LogP contribution in [-0.2, 0) is 9.59 Å². The van der Waals surface area contributed by atoms with Gasteiger partial charge in [0, 0.05) is 6.54 Å². The van der Waals surface area contributed by atoms with E-state index >= 15 is 0 Å². The van der Waals surface area contributed by atoms with Crippen molar-refractivity contribution in [3.63, 3.8) is 0 Å². The van der Waals surface area contributed by atoms with Crippen LogP contribution in [0.2, 0.25) is 0 Å². The topological polar surface area (TPSA) is 105 Å². The molecule has 1 aromatic rings. The highest BCUT2D eigenvalue weighted by atomic mass is 79.9. The van der Waals surface area contributed by atoms with E-state index in [1.807, 2.05) is 6.92 Å². The number of carbonyl (C=O) groups is 3. The molecule has 1 fully saturated rings. The van der Waals surface area contributed by atoms with Crippen LogP contribution < -0.4 is 14.8 Å². The van der Waals surface area contributed by atoms with Crippen molar-refractivity contribution in [2.75, 3.05) is 20.3 Å². The highest BCUT2D eigenvalue weighted by Crippen LogP contribution is 2.37. The van der Waals surface area contributed by atoms with Crippen LogP contribution in [0.1, 0.15) is 18.9 Å². The highest BCUT2D eigenvalue weighted by Gasteiger charge is 2.32. The van der Waals surface area contributed by atoms with Gasteiger partial charge in [0.2, 0.25) is 0 Å². The summed E-state index contributed by atoms with van der Waals surface area (Å²) in [7, 11) is 1.41. The Hall–Kier alpha value is -2.55. The molecule has 0 unspecified atom stereocenters. The molecule has 0 aliphatic carbocycles. The lowest BCUT2D eigenvalue weighted by Crippen LogP contribution is -2.31. The Morgan fingerprint density at radius 1 is 1.40 bits per heavy atom. The Labute approximate surface area is 152 Å². The fourth-order valence-electron chi connectivity index (χ4n) is 2.26. The van der Waals surface area contributed by atoms with Crippen LogP contribution in [0.15, 0.2) is 22.3 Å². The zero-order valence-electron chi connectivity index (χ0n) is 13.7. The molecule has 2 N–H and O–H groups in total. The Morgan fingerprint density at radius 3 is 2.72 bits per heavy atom. The van der Waals surface area contributed by atoms with Gasteiger partial charge in [-0.1, -0.05) is 6.92 Å². The molecule has 2 rings (SSSR count). The zero-order chi connectivity index (χ0) is 18.6. The minimum Gasteiger partial charge on any atom is -0.493 e. The molecule has 9 heteroatoms. The predicted octanol–water partition coefficient (Wildman–Crippen LogP) is 2.22. The van der Waals surface area contributed by atoms with Crippen molar-refractivity contribution in [1.82, 2.24) is 10.2 Å². The number of nitrogens with zero attached hydrogens (tertiary/aromatic N) is 1. The lowest BCUT2D eigenvalue weighted by atomic mass is 10.1. The maximum absolute atomic E-state index is 12.2. The Morgan fingerprint density at radius 2 is 2.12 bits per heavy atom. The Kier molecular flexibility index (Phi) is 6.02. The number of carboxylic acid groups (broad SMARTS) is 1. The van der Waals surface area contributed by atoms with Gasteiger partial charge in [0.05, 0.1) is 11.6 Å². The van der Waals surface area contributed by atoms with Crippen LogP contribution in [0.3, 0.4) is 0 Å². The molecule has 0 radical (unpaired) electrons. The standard InChI is InChI=1S/C16H17BrN2O6/c1-3-4-19-15(22)11(18-16(19)23)6-9-5-10(17)14(12(7-9)24-2)25-8-13(20)21/h5-7H,3-4,8H2,1-2H3,(H,18,23)(H,20,21)/b11-6+. The third kappa shape index (κ3) is 4.30. The second kappa shape index (κ2) is 8.02. The molecule has 0 spiro atoms. The van der Waals surface area contributed by atoms with Crippen LogP contribution in [-0.4, -0.2) is 48.2 Å². The fourth-order valence-corrected chi connectivity index (χ4v) is 2.84. The van der Waals surface area contributed by atoms with Gasteiger partial charge in [-0.15, -0.1) is 0 Å². The maximum Gasteiger partial charge on any atom is 0.341 e. The predicted molar refractivity (Wildman–Crippen MR) is 92.3 cm³/mol. The summed E-state index contributed by atoms with van der Waals surface area (Å²) < 4.78 is 10.9. The first-order valence-electron chi connectivity index (χ1n) is 7.44. The number of hydrogen-bond donors (Lipinski definition) is 2. The van der Waals surface area contributed by atoms with E-state index in [9.17, 15) is 14.4 Å². The molecule has 0 aromatic heterocycles. The molecule has 3 amide bonds. The summed E-state index contributed by atoms with van der Waals surface area (Å²) in [5, 5.41) is 11.3. The van der Waals surface area contributed by atoms with Crippen molar-refractivity contribution in [2.24, 2.45) is 0 Å². The second-order valence-electron chi connectivity index (χ2n) is 5.16. The molecule has 25 heavy (non-hydrogen) atoms. The number of nitrogens with one attached hydrogen (secondary N) is 1. The van der Waals surface area contributed by atoms with E-state index in [0.29, 0.717) is 28.8 Å². The number of amides is 3. The van der Waals surface area contributed by atoms with Crippen LogP contribution in [0, 0.1) is 0 Å². The Bertz CT molecular complexity index is 746. The number of urea groups is 1. The molecule has 1 saturated heterocycles. The lowest BCUT2D eigenvalue weighted by Gasteiger charge is -2.12.